The number of benzene rings is 3. The molecule has 7 heteroatoms. The maximum absolute atomic E-state index is 13.4. The minimum absolute atomic E-state index is 0.158. The van der Waals surface area contributed by atoms with Crippen molar-refractivity contribution in [1.82, 2.24) is 19.4 Å². The number of aromatic nitrogens is 4. The summed E-state index contributed by atoms with van der Waals surface area (Å²) in [7, 11) is 0. The maximum Gasteiger partial charge on any atom is 0.262 e. The Hall–Kier alpha value is -4.26. The number of rotatable bonds is 4. The quantitative estimate of drug-likeness (QED) is 0.491. The number of hydrogen-bond acceptors (Lipinski definition) is 4. The van der Waals surface area contributed by atoms with Crippen LogP contribution in [0.1, 0.15) is 5.56 Å². The zero-order valence-corrected chi connectivity index (χ0v) is 16.8. The summed E-state index contributed by atoms with van der Waals surface area (Å²) < 4.78 is 3.07. The van der Waals surface area contributed by atoms with Gasteiger partial charge in [0.25, 0.3) is 5.56 Å². The zero-order chi connectivity index (χ0) is 21.4. The van der Waals surface area contributed by atoms with Crippen molar-refractivity contribution in [3.63, 3.8) is 0 Å². The van der Waals surface area contributed by atoms with E-state index in [9.17, 15) is 9.59 Å². The Morgan fingerprint density at radius 3 is 2.45 bits per heavy atom. The fourth-order valence-electron chi connectivity index (χ4n) is 3.74. The van der Waals surface area contributed by atoms with Gasteiger partial charge < -0.3 is 5.32 Å². The van der Waals surface area contributed by atoms with Crippen molar-refractivity contribution in [2.75, 3.05) is 5.32 Å². The van der Waals surface area contributed by atoms with E-state index in [2.05, 4.69) is 15.6 Å². The van der Waals surface area contributed by atoms with Gasteiger partial charge >= 0.3 is 0 Å². The lowest BCUT2D eigenvalue weighted by Crippen LogP contribution is -2.29. The molecule has 2 heterocycles. The van der Waals surface area contributed by atoms with Crippen LogP contribution in [-0.2, 0) is 11.3 Å². The van der Waals surface area contributed by atoms with E-state index in [4.69, 9.17) is 0 Å². The standard InChI is InChI=1S/C24H19N5O2/c1-16-9-5-7-13-19(16)25-21(30)15-28-23-22(17-10-3-2-4-11-17)26-27-29(23)20-14-8-6-12-18(20)24(28)31/h2-14H,15H2,1H3,(H,25,30). The van der Waals surface area contributed by atoms with E-state index in [0.717, 1.165) is 11.1 Å². The predicted octanol–water partition coefficient (Wildman–Crippen LogP) is 3.66. The lowest BCUT2D eigenvalue weighted by Gasteiger charge is -2.13. The maximum atomic E-state index is 13.4. The summed E-state index contributed by atoms with van der Waals surface area (Å²) >= 11 is 0. The lowest BCUT2D eigenvalue weighted by atomic mass is 10.1. The fourth-order valence-corrected chi connectivity index (χ4v) is 3.74. The zero-order valence-electron chi connectivity index (χ0n) is 16.8. The third kappa shape index (κ3) is 3.26. The Bertz CT molecular complexity index is 1480. The van der Waals surface area contributed by atoms with Crippen molar-refractivity contribution in [3.05, 3.63) is 94.8 Å². The van der Waals surface area contributed by atoms with Gasteiger partial charge in [-0.3, -0.25) is 14.2 Å². The Kier molecular flexibility index (Phi) is 4.55. The van der Waals surface area contributed by atoms with Gasteiger partial charge in [0.05, 0.1) is 10.9 Å². The number of nitrogens with zero attached hydrogens (tertiary/aromatic N) is 4. The van der Waals surface area contributed by atoms with E-state index in [1.54, 1.807) is 16.6 Å². The molecule has 7 nitrogen and oxygen atoms in total. The van der Waals surface area contributed by atoms with Crippen LogP contribution in [0.4, 0.5) is 5.69 Å². The van der Waals surface area contributed by atoms with Crippen molar-refractivity contribution in [2.45, 2.75) is 13.5 Å². The Morgan fingerprint density at radius 1 is 0.935 bits per heavy atom. The van der Waals surface area contributed by atoms with Crippen molar-refractivity contribution < 1.29 is 4.79 Å². The second-order valence-corrected chi connectivity index (χ2v) is 7.31. The first kappa shape index (κ1) is 18.7. The molecule has 0 saturated heterocycles. The first-order chi connectivity index (χ1) is 15.1. The summed E-state index contributed by atoms with van der Waals surface area (Å²) in [5, 5.41) is 12.0. The van der Waals surface area contributed by atoms with E-state index >= 15 is 0 Å². The summed E-state index contributed by atoms with van der Waals surface area (Å²) in [5.41, 5.74) is 3.90. The molecule has 0 fully saturated rings. The number of para-hydroxylation sites is 2. The summed E-state index contributed by atoms with van der Waals surface area (Å²) in [5.74, 6) is -0.297. The highest BCUT2D eigenvalue weighted by Crippen LogP contribution is 2.24. The molecule has 0 bridgehead atoms. The van der Waals surface area contributed by atoms with Crippen LogP contribution in [0.25, 0.3) is 27.8 Å². The van der Waals surface area contributed by atoms with E-state index in [1.165, 1.54) is 4.57 Å². The predicted molar refractivity (Wildman–Crippen MR) is 120 cm³/mol. The highest BCUT2D eigenvalue weighted by atomic mass is 16.2. The summed E-state index contributed by atoms with van der Waals surface area (Å²) in [6.07, 6.45) is 0. The molecule has 5 rings (SSSR count). The fraction of sp³-hybridized carbons (Fsp3) is 0.0833. The molecule has 0 aliphatic rings. The van der Waals surface area contributed by atoms with Gasteiger partial charge in [0.2, 0.25) is 5.91 Å². The van der Waals surface area contributed by atoms with E-state index in [0.29, 0.717) is 27.9 Å². The van der Waals surface area contributed by atoms with Gasteiger partial charge in [-0.05, 0) is 30.7 Å². The van der Waals surface area contributed by atoms with Crippen molar-refractivity contribution >= 4 is 28.1 Å². The Morgan fingerprint density at radius 2 is 1.65 bits per heavy atom. The van der Waals surface area contributed by atoms with E-state index in [1.807, 2.05) is 73.7 Å². The average Bonchev–Trinajstić information content (AvgIpc) is 3.24. The van der Waals surface area contributed by atoms with Crippen molar-refractivity contribution in [3.8, 4) is 11.3 Å². The number of amides is 1. The molecule has 0 spiro atoms. The third-order valence-corrected chi connectivity index (χ3v) is 5.28. The lowest BCUT2D eigenvalue weighted by molar-refractivity contribution is -0.116. The molecule has 2 aromatic heterocycles. The largest absolute Gasteiger partial charge is 0.324 e. The molecule has 0 radical (unpaired) electrons. The molecule has 152 valence electrons. The number of hydrogen-bond donors (Lipinski definition) is 1. The second kappa shape index (κ2) is 7.53. The van der Waals surface area contributed by atoms with Gasteiger partial charge in [0.1, 0.15) is 12.2 Å². The number of fused-ring (bicyclic) bond motifs is 3. The van der Waals surface area contributed by atoms with Crippen LogP contribution in [0, 0.1) is 6.92 Å². The van der Waals surface area contributed by atoms with Crippen LogP contribution in [0.15, 0.2) is 83.7 Å². The van der Waals surface area contributed by atoms with E-state index in [-0.39, 0.29) is 18.0 Å². The molecular formula is C24H19N5O2. The van der Waals surface area contributed by atoms with Crippen LogP contribution in [0.2, 0.25) is 0 Å². The number of carbonyl (C=O) groups excluding carboxylic acids is 1. The summed E-state index contributed by atoms with van der Waals surface area (Å²) in [6, 6.07) is 24.2. The Balaban J connectivity index is 1.69. The molecule has 0 aliphatic heterocycles. The SMILES string of the molecule is Cc1ccccc1NC(=O)Cn1c(=O)c2ccccc2n2nnc(-c3ccccc3)c12. The molecule has 31 heavy (non-hydrogen) atoms. The topological polar surface area (TPSA) is 81.3 Å². The second-order valence-electron chi connectivity index (χ2n) is 7.31. The number of nitrogens with one attached hydrogen (secondary N) is 1. The molecule has 0 saturated carbocycles. The molecule has 1 N–H and O–H groups in total. The van der Waals surface area contributed by atoms with Gasteiger partial charge in [-0.1, -0.05) is 65.9 Å². The van der Waals surface area contributed by atoms with Gasteiger partial charge in [-0.2, -0.15) is 4.52 Å². The molecule has 3 aromatic carbocycles. The minimum Gasteiger partial charge on any atom is -0.324 e. The Labute approximate surface area is 177 Å². The summed E-state index contributed by atoms with van der Waals surface area (Å²) in [4.78, 5) is 26.3. The summed E-state index contributed by atoms with van der Waals surface area (Å²) in [6.45, 7) is 1.76. The van der Waals surface area contributed by atoms with Crippen LogP contribution < -0.4 is 10.9 Å². The number of aryl methyl sites for hydroxylation is 1. The van der Waals surface area contributed by atoms with Crippen molar-refractivity contribution in [1.29, 1.82) is 0 Å². The van der Waals surface area contributed by atoms with Gasteiger partial charge in [-0.15, -0.1) is 5.10 Å². The highest BCUT2D eigenvalue weighted by molar-refractivity contribution is 5.93. The number of anilines is 1. The van der Waals surface area contributed by atoms with Gasteiger partial charge in [0.15, 0.2) is 5.65 Å². The van der Waals surface area contributed by atoms with E-state index < -0.39 is 0 Å². The third-order valence-electron chi connectivity index (χ3n) is 5.28. The van der Waals surface area contributed by atoms with Crippen LogP contribution >= 0.6 is 0 Å². The van der Waals surface area contributed by atoms with Gasteiger partial charge in [0, 0.05) is 11.3 Å². The number of carbonyl (C=O) groups is 1. The van der Waals surface area contributed by atoms with Crippen LogP contribution in [0.5, 0.6) is 0 Å². The van der Waals surface area contributed by atoms with Gasteiger partial charge in [-0.25, -0.2) is 0 Å². The molecular weight excluding hydrogens is 390 g/mol. The normalized spacial score (nSPS) is 11.1. The first-order valence-electron chi connectivity index (χ1n) is 9.91. The molecule has 0 atom stereocenters. The van der Waals surface area contributed by atoms with Crippen LogP contribution in [-0.4, -0.2) is 25.3 Å². The molecule has 0 aliphatic carbocycles. The minimum atomic E-state index is -0.297. The first-order valence-corrected chi connectivity index (χ1v) is 9.91. The molecule has 1 amide bonds. The molecule has 5 aromatic rings. The van der Waals surface area contributed by atoms with Crippen LogP contribution in [0.3, 0.4) is 0 Å². The monoisotopic (exact) mass is 409 g/mol. The average molecular weight is 409 g/mol. The highest BCUT2D eigenvalue weighted by Gasteiger charge is 2.20. The van der Waals surface area contributed by atoms with Crippen molar-refractivity contribution in [2.24, 2.45) is 0 Å². The molecule has 0 unspecified atom stereocenters. The smallest absolute Gasteiger partial charge is 0.262 e.